The van der Waals surface area contributed by atoms with Crippen LogP contribution >= 0.6 is 12.4 Å². The summed E-state index contributed by atoms with van der Waals surface area (Å²) in [7, 11) is 0. The van der Waals surface area contributed by atoms with Crippen LogP contribution in [0.15, 0.2) is 18.2 Å². The number of hydrogen-bond acceptors (Lipinski definition) is 2. The number of piperidine rings is 1. The van der Waals surface area contributed by atoms with E-state index in [1.165, 1.54) is 6.07 Å². The number of alkyl halides is 3. The van der Waals surface area contributed by atoms with Crippen molar-refractivity contribution < 1.29 is 13.2 Å². The molecule has 0 unspecified atom stereocenters. The predicted octanol–water partition coefficient (Wildman–Crippen LogP) is 3.36. The molecule has 2 nitrogen and oxygen atoms in total. The number of halogens is 4. The summed E-state index contributed by atoms with van der Waals surface area (Å²) in [6.45, 7) is 2.85. The van der Waals surface area contributed by atoms with Crippen LogP contribution in [0.2, 0.25) is 0 Å². The van der Waals surface area contributed by atoms with Crippen LogP contribution in [0, 0.1) is 6.92 Å². The van der Waals surface area contributed by atoms with Crippen molar-refractivity contribution in [2.75, 3.05) is 18.0 Å². The van der Waals surface area contributed by atoms with Crippen LogP contribution in [-0.2, 0) is 6.18 Å². The number of hydrogen-bond donors (Lipinski definition) is 1. The van der Waals surface area contributed by atoms with Gasteiger partial charge in [0.15, 0.2) is 0 Å². The lowest BCUT2D eigenvalue weighted by Gasteiger charge is -2.33. The molecule has 0 amide bonds. The molecule has 0 spiro atoms. The number of anilines is 1. The van der Waals surface area contributed by atoms with Gasteiger partial charge in [0.2, 0.25) is 0 Å². The Balaban J connectivity index is 0.00000180. The zero-order chi connectivity index (χ0) is 13.3. The van der Waals surface area contributed by atoms with Crippen LogP contribution in [0.25, 0.3) is 0 Å². The van der Waals surface area contributed by atoms with Gasteiger partial charge in [0.1, 0.15) is 0 Å². The lowest BCUT2D eigenvalue weighted by atomic mass is 10.0. The second-order valence-electron chi connectivity index (χ2n) is 4.84. The van der Waals surface area contributed by atoms with Gasteiger partial charge in [-0.2, -0.15) is 13.2 Å². The summed E-state index contributed by atoms with van der Waals surface area (Å²) < 4.78 is 39.0. The van der Waals surface area contributed by atoms with Crippen LogP contribution in [0.4, 0.5) is 18.9 Å². The molecule has 2 rings (SSSR count). The molecule has 1 saturated heterocycles. The first-order valence-electron chi connectivity index (χ1n) is 6.06. The monoisotopic (exact) mass is 294 g/mol. The molecule has 1 aromatic carbocycles. The van der Waals surface area contributed by atoms with E-state index in [0.29, 0.717) is 18.7 Å². The summed E-state index contributed by atoms with van der Waals surface area (Å²) in [5.41, 5.74) is 6.13. The number of nitrogens with two attached hydrogens (primary N) is 1. The van der Waals surface area contributed by atoms with Crippen molar-refractivity contribution in [3.8, 4) is 0 Å². The SMILES string of the molecule is Cc1ccc(N2CCC(N)CC2)c(C(F)(F)F)c1.Cl. The summed E-state index contributed by atoms with van der Waals surface area (Å²) in [6, 6.07) is 4.61. The lowest BCUT2D eigenvalue weighted by molar-refractivity contribution is -0.137. The maximum atomic E-state index is 13.0. The molecular weight excluding hydrogens is 277 g/mol. The van der Waals surface area contributed by atoms with Crippen LogP contribution in [0.1, 0.15) is 24.0 Å². The molecule has 1 aromatic rings. The summed E-state index contributed by atoms with van der Waals surface area (Å²) in [6.07, 6.45) is -2.82. The fraction of sp³-hybridized carbons (Fsp3) is 0.538. The van der Waals surface area contributed by atoms with Crippen LogP contribution in [-0.4, -0.2) is 19.1 Å². The van der Waals surface area contributed by atoms with E-state index in [1.54, 1.807) is 24.0 Å². The van der Waals surface area contributed by atoms with Gasteiger partial charge in [-0.25, -0.2) is 0 Å². The van der Waals surface area contributed by atoms with E-state index in [0.717, 1.165) is 12.8 Å². The van der Waals surface area contributed by atoms with E-state index in [9.17, 15) is 13.2 Å². The normalized spacial score (nSPS) is 17.2. The highest BCUT2D eigenvalue weighted by Gasteiger charge is 2.35. The number of nitrogens with zero attached hydrogens (tertiary/aromatic N) is 1. The van der Waals surface area contributed by atoms with Crippen molar-refractivity contribution >= 4 is 18.1 Å². The topological polar surface area (TPSA) is 29.3 Å². The Morgan fingerprint density at radius 3 is 2.32 bits per heavy atom. The molecule has 6 heteroatoms. The highest BCUT2D eigenvalue weighted by Crippen LogP contribution is 2.37. The first-order chi connectivity index (χ1) is 8.38. The Bertz CT molecular complexity index is 426. The molecule has 19 heavy (non-hydrogen) atoms. The standard InChI is InChI=1S/C13H17F3N2.ClH/c1-9-2-3-12(11(8-9)13(14,15)16)18-6-4-10(17)5-7-18;/h2-3,8,10H,4-7,17H2,1H3;1H. The molecule has 0 radical (unpaired) electrons. The zero-order valence-corrected chi connectivity index (χ0v) is 11.5. The van der Waals surface area contributed by atoms with Crippen molar-refractivity contribution in [1.29, 1.82) is 0 Å². The van der Waals surface area contributed by atoms with Crippen LogP contribution in [0.5, 0.6) is 0 Å². The first kappa shape index (κ1) is 16.1. The minimum Gasteiger partial charge on any atom is -0.371 e. The Labute approximate surface area is 117 Å². The quantitative estimate of drug-likeness (QED) is 0.860. The third kappa shape index (κ3) is 3.76. The minimum absolute atomic E-state index is 0. The second kappa shape index (κ2) is 6.01. The highest BCUT2D eigenvalue weighted by atomic mass is 35.5. The maximum absolute atomic E-state index is 13.0. The molecule has 2 N–H and O–H groups in total. The van der Waals surface area contributed by atoms with Gasteiger partial charge >= 0.3 is 6.18 Å². The molecule has 0 atom stereocenters. The van der Waals surface area contributed by atoms with Crippen LogP contribution < -0.4 is 10.6 Å². The first-order valence-corrected chi connectivity index (χ1v) is 6.06. The maximum Gasteiger partial charge on any atom is 0.418 e. The van der Waals surface area contributed by atoms with E-state index in [1.807, 2.05) is 0 Å². The van der Waals surface area contributed by atoms with Crippen molar-refractivity contribution in [1.82, 2.24) is 0 Å². The average molecular weight is 295 g/mol. The average Bonchev–Trinajstić information content (AvgIpc) is 2.29. The molecule has 0 saturated carbocycles. The van der Waals surface area contributed by atoms with Gasteiger partial charge in [-0.05, 0) is 31.9 Å². The Morgan fingerprint density at radius 2 is 1.79 bits per heavy atom. The second-order valence-corrected chi connectivity index (χ2v) is 4.84. The van der Waals surface area contributed by atoms with E-state index in [4.69, 9.17) is 5.73 Å². The summed E-state index contributed by atoms with van der Waals surface area (Å²) >= 11 is 0. The molecule has 1 heterocycles. The van der Waals surface area contributed by atoms with E-state index >= 15 is 0 Å². The molecule has 1 aliphatic rings. The molecule has 1 aliphatic heterocycles. The van der Waals surface area contributed by atoms with Gasteiger partial charge in [0.05, 0.1) is 5.56 Å². The Morgan fingerprint density at radius 1 is 1.21 bits per heavy atom. The van der Waals surface area contributed by atoms with Crippen LogP contribution in [0.3, 0.4) is 0 Å². The summed E-state index contributed by atoms with van der Waals surface area (Å²) in [5.74, 6) is 0. The summed E-state index contributed by atoms with van der Waals surface area (Å²) in [5, 5.41) is 0. The van der Waals surface area contributed by atoms with Crippen molar-refractivity contribution in [2.45, 2.75) is 32.0 Å². The Kier molecular flexibility index (Phi) is 5.10. The Hall–Kier alpha value is -0.940. The lowest BCUT2D eigenvalue weighted by Crippen LogP contribution is -2.40. The van der Waals surface area contributed by atoms with Gasteiger partial charge < -0.3 is 10.6 Å². The molecule has 1 fully saturated rings. The smallest absolute Gasteiger partial charge is 0.371 e. The van der Waals surface area contributed by atoms with Gasteiger partial charge in [-0.15, -0.1) is 12.4 Å². The highest BCUT2D eigenvalue weighted by molar-refractivity contribution is 5.85. The van der Waals surface area contributed by atoms with Gasteiger partial charge in [0, 0.05) is 24.8 Å². The predicted molar refractivity (Wildman–Crippen MR) is 72.9 cm³/mol. The van der Waals surface area contributed by atoms with Gasteiger partial charge in [-0.3, -0.25) is 0 Å². The molecule has 108 valence electrons. The van der Waals surface area contributed by atoms with Crippen molar-refractivity contribution in [3.63, 3.8) is 0 Å². The van der Waals surface area contributed by atoms with Crippen molar-refractivity contribution in [3.05, 3.63) is 29.3 Å². The van der Waals surface area contributed by atoms with E-state index in [2.05, 4.69) is 0 Å². The fourth-order valence-electron chi connectivity index (χ4n) is 2.29. The molecular formula is C13H18ClF3N2. The fourth-order valence-corrected chi connectivity index (χ4v) is 2.29. The van der Waals surface area contributed by atoms with Gasteiger partial charge in [-0.1, -0.05) is 11.6 Å². The third-order valence-electron chi connectivity index (χ3n) is 3.34. The van der Waals surface area contributed by atoms with E-state index in [-0.39, 0.29) is 24.1 Å². The summed E-state index contributed by atoms with van der Waals surface area (Å²) in [4.78, 5) is 1.78. The number of rotatable bonds is 1. The molecule has 0 bridgehead atoms. The molecule has 0 aromatic heterocycles. The minimum atomic E-state index is -4.30. The largest absolute Gasteiger partial charge is 0.418 e. The van der Waals surface area contributed by atoms with Crippen molar-refractivity contribution in [2.24, 2.45) is 5.73 Å². The zero-order valence-electron chi connectivity index (χ0n) is 10.7. The van der Waals surface area contributed by atoms with Gasteiger partial charge in [0.25, 0.3) is 0 Å². The van der Waals surface area contributed by atoms with E-state index < -0.39 is 11.7 Å². The molecule has 0 aliphatic carbocycles. The number of benzene rings is 1. The third-order valence-corrected chi connectivity index (χ3v) is 3.34. The number of aryl methyl sites for hydroxylation is 1.